The molecular formula is C6H7ClO2. The van der Waals surface area contributed by atoms with Crippen LogP contribution < -0.4 is 0 Å². The van der Waals surface area contributed by atoms with E-state index in [1.54, 1.807) is 0 Å². The van der Waals surface area contributed by atoms with E-state index in [1.807, 2.05) is 0 Å². The summed E-state index contributed by atoms with van der Waals surface area (Å²) in [6.45, 7) is 6.37. The van der Waals surface area contributed by atoms with E-state index in [0.29, 0.717) is 0 Å². The van der Waals surface area contributed by atoms with Gasteiger partial charge in [-0.3, -0.25) is 0 Å². The van der Waals surface area contributed by atoms with E-state index in [4.69, 9.17) is 5.11 Å². The Kier molecular flexibility index (Phi) is 6.26. The summed E-state index contributed by atoms with van der Waals surface area (Å²) in [6, 6.07) is 0. The molecule has 1 N–H and O–H groups in total. The predicted molar refractivity (Wildman–Crippen MR) is 37.7 cm³/mol. The fourth-order valence-corrected chi connectivity index (χ4v) is 0.235. The lowest BCUT2D eigenvalue weighted by Crippen LogP contribution is -1.94. The second-order valence-electron chi connectivity index (χ2n) is 1.10. The molecule has 0 amide bonds. The SMILES string of the molecule is C=C=C(C=C)C(=O)O.Cl. The van der Waals surface area contributed by atoms with Gasteiger partial charge in [-0.05, 0) is 6.08 Å². The molecule has 0 unspecified atom stereocenters. The number of rotatable bonds is 2. The molecule has 0 rings (SSSR count). The van der Waals surface area contributed by atoms with Crippen LogP contribution in [0.2, 0.25) is 0 Å². The third-order valence-corrected chi connectivity index (χ3v) is 0.625. The van der Waals surface area contributed by atoms with Gasteiger partial charge in [-0.1, -0.05) is 13.2 Å². The van der Waals surface area contributed by atoms with Crippen LogP contribution in [0, 0.1) is 0 Å². The van der Waals surface area contributed by atoms with Crippen LogP contribution in [0.5, 0.6) is 0 Å². The lowest BCUT2D eigenvalue weighted by Gasteiger charge is -1.82. The average molecular weight is 147 g/mol. The average Bonchev–Trinajstić information content (AvgIpc) is 1.69. The standard InChI is InChI=1S/C6H6O2.ClH/c1-3-5(4-2)6(7)8;/h3H,1-2H2,(H,7,8);1H. The molecule has 0 fully saturated rings. The molecular weight excluding hydrogens is 140 g/mol. The Morgan fingerprint density at radius 2 is 2.11 bits per heavy atom. The van der Waals surface area contributed by atoms with Gasteiger partial charge in [0, 0.05) is 0 Å². The molecule has 0 aliphatic carbocycles. The number of carboxylic acid groups (broad SMARTS) is 1. The number of aliphatic carboxylic acids is 1. The Labute approximate surface area is 59.6 Å². The van der Waals surface area contributed by atoms with Crippen molar-refractivity contribution in [2.45, 2.75) is 0 Å². The van der Waals surface area contributed by atoms with Gasteiger partial charge in [0.15, 0.2) is 0 Å². The summed E-state index contributed by atoms with van der Waals surface area (Å²) >= 11 is 0. The molecule has 0 aliphatic heterocycles. The quantitative estimate of drug-likeness (QED) is 0.363. The lowest BCUT2D eigenvalue weighted by molar-refractivity contribution is -0.132. The van der Waals surface area contributed by atoms with Gasteiger partial charge in [-0.2, -0.15) is 0 Å². The summed E-state index contributed by atoms with van der Waals surface area (Å²) in [5, 5.41) is 8.16. The molecule has 0 heterocycles. The number of hydrogen-bond acceptors (Lipinski definition) is 1. The van der Waals surface area contributed by atoms with E-state index in [1.165, 1.54) is 6.08 Å². The highest BCUT2D eigenvalue weighted by molar-refractivity contribution is 5.89. The van der Waals surface area contributed by atoms with Crippen molar-refractivity contribution in [3.63, 3.8) is 0 Å². The molecule has 0 atom stereocenters. The van der Waals surface area contributed by atoms with E-state index in [9.17, 15) is 4.79 Å². The second-order valence-corrected chi connectivity index (χ2v) is 1.10. The van der Waals surface area contributed by atoms with Gasteiger partial charge in [-0.25, -0.2) is 4.79 Å². The largest absolute Gasteiger partial charge is 0.477 e. The van der Waals surface area contributed by atoms with Crippen LogP contribution in [0.3, 0.4) is 0 Å². The highest BCUT2D eigenvalue weighted by Gasteiger charge is 1.96. The van der Waals surface area contributed by atoms with Gasteiger partial charge >= 0.3 is 5.97 Å². The van der Waals surface area contributed by atoms with Gasteiger partial charge in [0.1, 0.15) is 5.57 Å². The fourth-order valence-electron chi connectivity index (χ4n) is 0.235. The Hall–Kier alpha value is -0.980. The predicted octanol–water partition coefficient (Wildman–Crippen LogP) is 1.39. The molecule has 3 heteroatoms. The number of halogens is 1. The number of hydrogen-bond donors (Lipinski definition) is 1. The molecule has 0 spiro atoms. The van der Waals surface area contributed by atoms with Crippen molar-refractivity contribution in [2.24, 2.45) is 0 Å². The first kappa shape index (κ1) is 10.9. The van der Waals surface area contributed by atoms with E-state index in [-0.39, 0.29) is 18.0 Å². The van der Waals surface area contributed by atoms with Crippen LogP contribution in [-0.2, 0) is 4.79 Å². The van der Waals surface area contributed by atoms with Gasteiger partial charge in [0.25, 0.3) is 0 Å². The van der Waals surface area contributed by atoms with Crippen molar-refractivity contribution in [2.75, 3.05) is 0 Å². The van der Waals surface area contributed by atoms with E-state index >= 15 is 0 Å². The van der Waals surface area contributed by atoms with Crippen LogP contribution in [0.25, 0.3) is 0 Å². The van der Waals surface area contributed by atoms with Gasteiger partial charge in [-0.15, -0.1) is 18.1 Å². The van der Waals surface area contributed by atoms with Gasteiger partial charge in [0.05, 0.1) is 0 Å². The third kappa shape index (κ3) is 3.59. The zero-order valence-corrected chi connectivity index (χ0v) is 5.57. The summed E-state index contributed by atoms with van der Waals surface area (Å²) in [7, 11) is 0. The van der Waals surface area contributed by atoms with Crippen LogP contribution >= 0.6 is 12.4 Å². The topological polar surface area (TPSA) is 37.3 Å². The fraction of sp³-hybridized carbons (Fsp3) is 0. The summed E-state index contributed by atoms with van der Waals surface area (Å²) in [5.74, 6) is -1.05. The monoisotopic (exact) mass is 146 g/mol. The minimum atomic E-state index is -1.05. The molecule has 0 saturated heterocycles. The van der Waals surface area contributed by atoms with Crippen molar-refractivity contribution in [1.82, 2.24) is 0 Å². The van der Waals surface area contributed by atoms with Crippen LogP contribution in [-0.4, -0.2) is 11.1 Å². The molecule has 0 aromatic rings. The molecule has 0 aliphatic rings. The van der Waals surface area contributed by atoms with Crippen molar-refractivity contribution < 1.29 is 9.90 Å². The van der Waals surface area contributed by atoms with Crippen molar-refractivity contribution in [3.05, 3.63) is 30.5 Å². The molecule has 9 heavy (non-hydrogen) atoms. The summed E-state index contributed by atoms with van der Waals surface area (Å²) < 4.78 is 0. The molecule has 0 bridgehead atoms. The van der Waals surface area contributed by atoms with Crippen LogP contribution in [0.1, 0.15) is 0 Å². The third-order valence-electron chi connectivity index (χ3n) is 0.625. The smallest absolute Gasteiger partial charge is 0.343 e. The first-order valence-electron chi connectivity index (χ1n) is 1.98. The van der Waals surface area contributed by atoms with E-state index < -0.39 is 5.97 Å². The zero-order chi connectivity index (χ0) is 6.57. The maximum Gasteiger partial charge on any atom is 0.343 e. The van der Waals surface area contributed by atoms with E-state index in [2.05, 4.69) is 18.9 Å². The summed E-state index contributed by atoms with van der Waals surface area (Å²) in [6.07, 6.45) is 1.19. The van der Waals surface area contributed by atoms with Crippen LogP contribution in [0.15, 0.2) is 30.5 Å². The van der Waals surface area contributed by atoms with E-state index in [0.717, 1.165) is 0 Å². The maximum atomic E-state index is 9.95. The molecule has 0 aromatic carbocycles. The summed E-state index contributed by atoms with van der Waals surface area (Å²) in [4.78, 5) is 9.95. The molecule has 0 aromatic heterocycles. The lowest BCUT2D eigenvalue weighted by atomic mass is 10.3. The zero-order valence-electron chi connectivity index (χ0n) is 4.76. The Balaban J connectivity index is 0. The minimum Gasteiger partial charge on any atom is -0.477 e. The Morgan fingerprint density at radius 3 is 2.11 bits per heavy atom. The Morgan fingerprint density at radius 1 is 1.67 bits per heavy atom. The Bertz CT molecular complexity index is 166. The summed E-state index contributed by atoms with van der Waals surface area (Å²) in [5.41, 5.74) is 2.20. The molecule has 2 nitrogen and oxygen atoms in total. The van der Waals surface area contributed by atoms with Crippen molar-refractivity contribution >= 4 is 18.4 Å². The van der Waals surface area contributed by atoms with Crippen molar-refractivity contribution in [3.8, 4) is 0 Å². The van der Waals surface area contributed by atoms with Gasteiger partial charge < -0.3 is 5.11 Å². The second kappa shape index (κ2) is 5.16. The highest BCUT2D eigenvalue weighted by atomic mass is 35.5. The first-order chi connectivity index (χ1) is 3.72. The number of carboxylic acids is 1. The highest BCUT2D eigenvalue weighted by Crippen LogP contribution is 1.89. The number of carbonyl (C=O) groups is 1. The maximum absolute atomic E-state index is 9.95. The van der Waals surface area contributed by atoms with Crippen LogP contribution in [0.4, 0.5) is 0 Å². The van der Waals surface area contributed by atoms with Crippen molar-refractivity contribution in [1.29, 1.82) is 0 Å². The molecule has 50 valence electrons. The molecule has 0 saturated carbocycles. The molecule has 0 radical (unpaired) electrons. The first-order valence-corrected chi connectivity index (χ1v) is 1.98. The van der Waals surface area contributed by atoms with Gasteiger partial charge in [0.2, 0.25) is 0 Å². The normalized spacial score (nSPS) is 6.22. The minimum absolute atomic E-state index is 0.